The van der Waals surface area contributed by atoms with Gasteiger partial charge in [0.1, 0.15) is 6.29 Å². The Labute approximate surface area is 141 Å². The molecule has 1 fully saturated rings. The number of aromatic nitrogens is 2. The van der Waals surface area contributed by atoms with Gasteiger partial charge in [-0.1, -0.05) is 0 Å². The molecule has 132 valence electrons. The Balaban J connectivity index is 1.73. The molecule has 0 radical (unpaired) electrons. The van der Waals surface area contributed by atoms with Crippen LogP contribution >= 0.6 is 0 Å². The predicted molar refractivity (Wildman–Crippen MR) is 88.1 cm³/mol. The summed E-state index contributed by atoms with van der Waals surface area (Å²) < 4.78 is 10.3. The Morgan fingerprint density at radius 2 is 1.92 bits per heavy atom. The highest BCUT2D eigenvalue weighted by molar-refractivity contribution is 5.88. The van der Waals surface area contributed by atoms with Gasteiger partial charge in [-0.15, -0.1) is 0 Å². The van der Waals surface area contributed by atoms with Gasteiger partial charge in [-0.3, -0.25) is 4.90 Å². The number of carbonyl (C=O) groups excluding carboxylic acids is 2. The normalized spacial score (nSPS) is 15.3. The molecule has 0 amide bonds. The molecule has 1 aliphatic heterocycles. The molecular weight excluding hydrogens is 312 g/mol. The third-order valence-electron chi connectivity index (χ3n) is 3.74. The molecule has 0 atom stereocenters. The van der Waals surface area contributed by atoms with Gasteiger partial charge in [-0.05, 0) is 6.92 Å². The second-order valence-electron chi connectivity index (χ2n) is 5.39. The van der Waals surface area contributed by atoms with E-state index in [1.54, 1.807) is 6.92 Å². The first-order valence-corrected chi connectivity index (χ1v) is 8.22. The van der Waals surface area contributed by atoms with Gasteiger partial charge >= 0.3 is 5.97 Å². The Morgan fingerprint density at radius 1 is 1.21 bits per heavy atom. The topological polar surface area (TPSA) is 84.9 Å². The zero-order valence-corrected chi connectivity index (χ0v) is 14.0. The minimum atomic E-state index is -0.400. The van der Waals surface area contributed by atoms with Crippen molar-refractivity contribution >= 4 is 18.2 Å². The highest BCUT2D eigenvalue weighted by Crippen LogP contribution is 2.11. The van der Waals surface area contributed by atoms with E-state index >= 15 is 0 Å². The van der Waals surface area contributed by atoms with E-state index in [4.69, 9.17) is 9.47 Å². The Hall–Kier alpha value is -2.06. The van der Waals surface area contributed by atoms with Crippen molar-refractivity contribution in [1.29, 1.82) is 0 Å². The molecule has 0 N–H and O–H groups in total. The van der Waals surface area contributed by atoms with Gasteiger partial charge in [0.25, 0.3) is 0 Å². The van der Waals surface area contributed by atoms with Gasteiger partial charge in [0.15, 0.2) is 0 Å². The molecule has 0 saturated carbocycles. The zero-order valence-electron chi connectivity index (χ0n) is 14.0. The molecule has 8 nitrogen and oxygen atoms in total. The first kappa shape index (κ1) is 18.3. The zero-order chi connectivity index (χ0) is 17.2. The number of ether oxygens (including phenoxy) is 2. The third-order valence-corrected chi connectivity index (χ3v) is 3.74. The first-order valence-electron chi connectivity index (χ1n) is 8.22. The summed E-state index contributed by atoms with van der Waals surface area (Å²) in [5.74, 6) is 0.230. The summed E-state index contributed by atoms with van der Waals surface area (Å²) in [5.41, 5.74) is 0.367. The van der Waals surface area contributed by atoms with Gasteiger partial charge in [0.2, 0.25) is 5.95 Å². The maximum atomic E-state index is 11.6. The summed E-state index contributed by atoms with van der Waals surface area (Å²) in [7, 11) is 0. The first-order chi connectivity index (χ1) is 11.7. The third kappa shape index (κ3) is 5.54. The second kappa shape index (κ2) is 9.94. The van der Waals surface area contributed by atoms with E-state index in [2.05, 4.69) is 19.8 Å². The van der Waals surface area contributed by atoms with Gasteiger partial charge in [0, 0.05) is 51.5 Å². The van der Waals surface area contributed by atoms with E-state index in [1.165, 1.54) is 12.4 Å². The lowest BCUT2D eigenvalue weighted by Gasteiger charge is -2.34. The number of piperazine rings is 1. The number of anilines is 1. The van der Waals surface area contributed by atoms with Crippen molar-refractivity contribution in [1.82, 2.24) is 14.9 Å². The summed E-state index contributed by atoms with van der Waals surface area (Å²) in [4.78, 5) is 34.7. The molecule has 24 heavy (non-hydrogen) atoms. The van der Waals surface area contributed by atoms with Gasteiger partial charge in [-0.2, -0.15) is 0 Å². The van der Waals surface area contributed by atoms with E-state index < -0.39 is 5.97 Å². The fraction of sp³-hybridized carbons (Fsp3) is 0.625. The number of hydrogen-bond donors (Lipinski definition) is 0. The van der Waals surface area contributed by atoms with Crippen molar-refractivity contribution in [3.8, 4) is 0 Å². The number of carbonyl (C=O) groups is 2. The molecule has 0 aromatic carbocycles. The lowest BCUT2D eigenvalue weighted by atomic mass is 10.3. The Kier molecular flexibility index (Phi) is 7.57. The lowest BCUT2D eigenvalue weighted by molar-refractivity contribution is -0.108. The standard InChI is InChI=1S/C16H24N4O4/c1-2-24-15(22)14-12-17-16(18-13-14)20-6-4-19(5-7-20)8-11-23-10-3-9-21/h9,12-13H,2-8,10-11H2,1H3. The SMILES string of the molecule is CCOC(=O)c1cnc(N2CCN(CCOCCC=O)CC2)nc1. The molecule has 1 aliphatic rings. The van der Waals surface area contributed by atoms with Crippen LogP contribution in [0.3, 0.4) is 0 Å². The van der Waals surface area contributed by atoms with Crippen molar-refractivity contribution in [2.75, 3.05) is 57.4 Å². The van der Waals surface area contributed by atoms with Gasteiger partial charge in [-0.25, -0.2) is 14.8 Å². The van der Waals surface area contributed by atoms with Crippen LogP contribution in [0.4, 0.5) is 5.95 Å². The highest BCUT2D eigenvalue weighted by atomic mass is 16.5. The molecule has 0 aliphatic carbocycles. The van der Waals surface area contributed by atoms with Crippen LogP contribution < -0.4 is 4.90 Å². The van der Waals surface area contributed by atoms with E-state index in [1.807, 2.05) is 0 Å². The van der Waals surface area contributed by atoms with Crippen LogP contribution in [0, 0.1) is 0 Å². The maximum Gasteiger partial charge on any atom is 0.341 e. The number of esters is 1. The molecule has 2 rings (SSSR count). The molecular formula is C16H24N4O4. The average molecular weight is 336 g/mol. The van der Waals surface area contributed by atoms with Crippen LogP contribution in [0.2, 0.25) is 0 Å². The molecule has 0 spiro atoms. The van der Waals surface area contributed by atoms with Crippen LogP contribution in [-0.4, -0.2) is 79.7 Å². The molecule has 8 heteroatoms. The fourth-order valence-electron chi connectivity index (χ4n) is 2.40. The molecule has 1 saturated heterocycles. The van der Waals surface area contributed by atoms with Crippen LogP contribution in [0.15, 0.2) is 12.4 Å². The molecule has 1 aromatic heterocycles. The number of hydrogen-bond acceptors (Lipinski definition) is 8. The average Bonchev–Trinajstić information content (AvgIpc) is 2.62. The Morgan fingerprint density at radius 3 is 2.54 bits per heavy atom. The van der Waals surface area contributed by atoms with E-state index in [0.717, 1.165) is 39.0 Å². The van der Waals surface area contributed by atoms with Crippen LogP contribution in [0.5, 0.6) is 0 Å². The molecule has 0 unspecified atom stereocenters. The van der Waals surface area contributed by atoms with Gasteiger partial charge in [0.05, 0.1) is 25.4 Å². The fourth-order valence-corrected chi connectivity index (χ4v) is 2.40. The van der Waals surface area contributed by atoms with E-state index in [0.29, 0.717) is 37.8 Å². The molecule has 0 bridgehead atoms. The maximum absolute atomic E-state index is 11.6. The summed E-state index contributed by atoms with van der Waals surface area (Å²) in [5, 5.41) is 0. The van der Waals surface area contributed by atoms with Crippen molar-refractivity contribution in [3.05, 3.63) is 18.0 Å². The predicted octanol–water partition coefficient (Wildman–Crippen LogP) is 0.381. The van der Waals surface area contributed by atoms with E-state index in [-0.39, 0.29) is 0 Å². The second-order valence-corrected chi connectivity index (χ2v) is 5.39. The Bertz CT molecular complexity index is 515. The van der Waals surface area contributed by atoms with Crippen molar-refractivity contribution in [2.45, 2.75) is 13.3 Å². The highest BCUT2D eigenvalue weighted by Gasteiger charge is 2.19. The quantitative estimate of drug-likeness (QED) is 0.363. The monoisotopic (exact) mass is 336 g/mol. The van der Waals surface area contributed by atoms with Crippen molar-refractivity contribution < 1.29 is 19.1 Å². The minimum absolute atomic E-state index is 0.335. The van der Waals surface area contributed by atoms with Gasteiger partial charge < -0.3 is 19.2 Å². The molecule has 1 aromatic rings. The summed E-state index contributed by atoms with van der Waals surface area (Å²) in [6, 6.07) is 0. The summed E-state index contributed by atoms with van der Waals surface area (Å²) in [6.45, 7) is 7.54. The number of rotatable bonds is 9. The summed E-state index contributed by atoms with van der Waals surface area (Å²) >= 11 is 0. The molecule has 2 heterocycles. The van der Waals surface area contributed by atoms with Crippen LogP contribution in [0.1, 0.15) is 23.7 Å². The largest absolute Gasteiger partial charge is 0.462 e. The van der Waals surface area contributed by atoms with Crippen LogP contribution in [-0.2, 0) is 14.3 Å². The van der Waals surface area contributed by atoms with E-state index in [9.17, 15) is 9.59 Å². The van der Waals surface area contributed by atoms with Crippen molar-refractivity contribution in [2.24, 2.45) is 0 Å². The van der Waals surface area contributed by atoms with Crippen LogP contribution in [0.25, 0.3) is 0 Å². The summed E-state index contributed by atoms with van der Waals surface area (Å²) in [6.07, 6.45) is 4.33. The lowest BCUT2D eigenvalue weighted by Crippen LogP contribution is -2.47. The van der Waals surface area contributed by atoms with Crippen molar-refractivity contribution in [3.63, 3.8) is 0 Å². The number of nitrogens with zero attached hydrogens (tertiary/aromatic N) is 4. The smallest absolute Gasteiger partial charge is 0.341 e. The minimum Gasteiger partial charge on any atom is -0.462 e. The number of aldehydes is 1.